The second-order valence-electron chi connectivity index (χ2n) is 6.25. The van der Waals surface area contributed by atoms with E-state index in [9.17, 15) is 0 Å². The fourth-order valence-electron chi connectivity index (χ4n) is 2.68. The molecule has 0 aliphatic heterocycles. The van der Waals surface area contributed by atoms with Gasteiger partial charge in [0.15, 0.2) is 0 Å². The first-order valence-corrected chi connectivity index (χ1v) is 9.33. The van der Waals surface area contributed by atoms with E-state index in [1.807, 2.05) is 0 Å². The summed E-state index contributed by atoms with van der Waals surface area (Å²) in [6, 6.07) is 0. The van der Waals surface area contributed by atoms with Gasteiger partial charge < -0.3 is 10.4 Å². The number of hydrogen-bond acceptors (Lipinski definition) is 2. The molecule has 0 atom stereocenters. The van der Waals surface area contributed by atoms with Crippen molar-refractivity contribution in [1.29, 1.82) is 0 Å². The van der Waals surface area contributed by atoms with Gasteiger partial charge >= 0.3 is 0 Å². The van der Waals surface area contributed by atoms with Gasteiger partial charge in [0.05, 0.1) is 6.61 Å². The average Bonchev–Trinajstić information content (AvgIpc) is 2.49. The molecule has 2 heteroatoms. The molecule has 126 valence electrons. The molecule has 0 rings (SSSR count). The van der Waals surface area contributed by atoms with Crippen LogP contribution >= 0.6 is 0 Å². The Bertz CT molecular complexity index is 216. The van der Waals surface area contributed by atoms with E-state index in [-0.39, 0.29) is 6.61 Å². The van der Waals surface area contributed by atoms with Gasteiger partial charge in [-0.15, -0.1) is 0 Å². The molecule has 0 aromatic carbocycles. The Labute approximate surface area is 133 Å². The van der Waals surface area contributed by atoms with Gasteiger partial charge in [-0.2, -0.15) is 0 Å². The Morgan fingerprint density at radius 1 is 0.762 bits per heavy atom. The zero-order valence-corrected chi connectivity index (χ0v) is 14.5. The quantitative estimate of drug-likeness (QED) is 0.344. The van der Waals surface area contributed by atoms with Crippen LogP contribution in [0.25, 0.3) is 0 Å². The fourth-order valence-corrected chi connectivity index (χ4v) is 2.68. The molecule has 0 amide bonds. The van der Waals surface area contributed by atoms with E-state index in [4.69, 9.17) is 5.11 Å². The molecule has 0 bridgehead atoms. The van der Waals surface area contributed by atoms with Crippen molar-refractivity contribution in [2.45, 2.75) is 96.8 Å². The highest BCUT2D eigenvalue weighted by Gasteiger charge is 1.95. The van der Waals surface area contributed by atoms with Gasteiger partial charge in [-0.05, 0) is 12.8 Å². The molecule has 0 aromatic rings. The van der Waals surface area contributed by atoms with Crippen molar-refractivity contribution >= 4 is 0 Å². The van der Waals surface area contributed by atoms with Crippen LogP contribution in [-0.2, 0) is 0 Å². The number of allylic oxidation sites excluding steroid dienone is 1. The fraction of sp³-hybridized carbons (Fsp3) is 0.895. The molecule has 21 heavy (non-hydrogen) atoms. The minimum absolute atomic E-state index is 0.192. The highest BCUT2D eigenvalue weighted by molar-refractivity contribution is 4.90. The van der Waals surface area contributed by atoms with Gasteiger partial charge in [-0.1, -0.05) is 90.6 Å². The lowest BCUT2D eigenvalue weighted by Gasteiger charge is -2.07. The molecule has 0 fully saturated rings. The summed E-state index contributed by atoms with van der Waals surface area (Å²) in [5.41, 5.74) is 1.08. The maximum absolute atomic E-state index is 8.70. The first-order valence-electron chi connectivity index (χ1n) is 9.33. The normalized spacial score (nSPS) is 10.8. The van der Waals surface area contributed by atoms with Crippen molar-refractivity contribution in [2.75, 3.05) is 13.2 Å². The average molecular weight is 298 g/mol. The molecule has 0 aliphatic rings. The second-order valence-corrected chi connectivity index (χ2v) is 6.25. The van der Waals surface area contributed by atoms with Crippen LogP contribution in [0.15, 0.2) is 12.3 Å². The van der Waals surface area contributed by atoms with Crippen molar-refractivity contribution in [3.8, 4) is 0 Å². The molecule has 0 unspecified atom stereocenters. The lowest BCUT2D eigenvalue weighted by atomic mass is 10.0. The van der Waals surface area contributed by atoms with Crippen LogP contribution in [-0.4, -0.2) is 18.3 Å². The third-order valence-electron chi connectivity index (χ3n) is 4.07. The largest absolute Gasteiger partial charge is 0.395 e. The Morgan fingerprint density at radius 3 is 1.62 bits per heavy atom. The van der Waals surface area contributed by atoms with Crippen LogP contribution in [0.5, 0.6) is 0 Å². The van der Waals surface area contributed by atoms with E-state index < -0.39 is 0 Å². The third-order valence-corrected chi connectivity index (χ3v) is 4.07. The number of nitrogens with one attached hydrogen (secondary N) is 1. The second kappa shape index (κ2) is 17.6. The standard InChI is InChI=1S/C19H39NO/c1-3-4-5-6-7-8-9-10-11-12-13-14-15-16-19(2)20-17-18-21/h20-21H,2-18H2,1H3. The van der Waals surface area contributed by atoms with Crippen LogP contribution in [0.3, 0.4) is 0 Å². The minimum atomic E-state index is 0.192. The molecule has 0 aromatic heterocycles. The van der Waals surface area contributed by atoms with Crippen molar-refractivity contribution in [3.05, 3.63) is 12.3 Å². The lowest BCUT2D eigenvalue weighted by molar-refractivity contribution is 0.296. The summed E-state index contributed by atoms with van der Waals surface area (Å²) in [7, 11) is 0. The van der Waals surface area contributed by atoms with Crippen LogP contribution in [0.2, 0.25) is 0 Å². The van der Waals surface area contributed by atoms with Crippen LogP contribution in [0, 0.1) is 0 Å². The number of hydrogen-bond donors (Lipinski definition) is 2. The Kier molecular flexibility index (Phi) is 17.1. The van der Waals surface area contributed by atoms with E-state index >= 15 is 0 Å². The van der Waals surface area contributed by atoms with Gasteiger partial charge in [0.25, 0.3) is 0 Å². The predicted molar refractivity (Wildman–Crippen MR) is 94.5 cm³/mol. The van der Waals surface area contributed by atoms with E-state index in [1.165, 1.54) is 83.5 Å². The summed E-state index contributed by atoms with van der Waals surface area (Å²) >= 11 is 0. The topological polar surface area (TPSA) is 32.3 Å². The van der Waals surface area contributed by atoms with Crippen LogP contribution in [0.1, 0.15) is 96.8 Å². The van der Waals surface area contributed by atoms with Crippen LogP contribution < -0.4 is 5.32 Å². The van der Waals surface area contributed by atoms with Crippen molar-refractivity contribution in [1.82, 2.24) is 5.32 Å². The van der Waals surface area contributed by atoms with E-state index in [2.05, 4.69) is 18.8 Å². The van der Waals surface area contributed by atoms with Gasteiger partial charge in [0, 0.05) is 12.2 Å². The maximum Gasteiger partial charge on any atom is 0.0603 e. The van der Waals surface area contributed by atoms with Gasteiger partial charge in [0.2, 0.25) is 0 Å². The van der Waals surface area contributed by atoms with E-state index in [0.717, 1.165) is 12.1 Å². The monoisotopic (exact) mass is 297 g/mol. The molecular formula is C19H39NO. The molecule has 2 N–H and O–H groups in total. The Hall–Kier alpha value is -0.500. The lowest BCUT2D eigenvalue weighted by Crippen LogP contribution is -2.16. The SMILES string of the molecule is C=C(CCCCCCCCCCCCCCC)NCCO. The Morgan fingerprint density at radius 2 is 1.19 bits per heavy atom. The zero-order chi connectivity index (χ0) is 15.6. The number of rotatable bonds is 17. The van der Waals surface area contributed by atoms with Crippen molar-refractivity contribution < 1.29 is 5.11 Å². The van der Waals surface area contributed by atoms with Gasteiger partial charge in [0.1, 0.15) is 0 Å². The zero-order valence-electron chi connectivity index (χ0n) is 14.5. The van der Waals surface area contributed by atoms with Gasteiger partial charge in [-0.25, -0.2) is 0 Å². The summed E-state index contributed by atoms with van der Waals surface area (Å²) in [6.45, 7) is 7.07. The number of unbranched alkanes of at least 4 members (excludes halogenated alkanes) is 12. The molecule has 0 aliphatic carbocycles. The summed E-state index contributed by atoms with van der Waals surface area (Å²) in [6.07, 6.45) is 19.2. The molecular weight excluding hydrogens is 258 g/mol. The van der Waals surface area contributed by atoms with Crippen LogP contribution in [0.4, 0.5) is 0 Å². The number of aliphatic hydroxyl groups excluding tert-OH is 1. The summed E-state index contributed by atoms with van der Waals surface area (Å²) in [5.74, 6) is 0. The van der Waals surface area contributed by atoms with Crippen molar-refractivity contribution in [2.24, 2.45) is 0 Å². The molecule has 0 saturated heterocycles. The van der Waals surface area contributed by atoms with E-state index in [1.54, 1.807) is 0 Å². The smallest absolute Gasteiger partial charge is 0.0603 e. The predicted octanol–water partition coefficient (Wildman–Crippen LogP) is 5.56. The molecule has 0 radical (unpaired) electrons. The third kappa shape index (κ3) is 17.4. The molecule has 2 nitrogen and oxygen atoms in total. The highest BCUT2D eigenvalue weighted by Crippen LogP contribution is 2.13. The number of aliphatic hydroxyl groups is 1. The summed E-state index contributed by atoms with van der Waals surface area (Å²) in [4.78, 5) is 0. The molecule has 0 spiro atoms. The van der Waals surface area contributed by atoms with Gasteiger partial charge in [-0.3, -0.25) is 0 Å². The highest BCUT2D eigenvalue weighted by atomic mass is 16.3. The summed E-state index contributed by atoms with van der Waals surface area (Å²) < 4.78 is 0. The maximum atomic E-state index is 8.70. The van der Waals surface area contributed by atoms with E-state index in [0.29, 0.717) is 6.54 Å². The Balaban J connectivity index is 3.04. The minimum Gasteiger partial charge on any atom is -0.395 e. The van der Waals surface area contributed by atoms with Crippen molar-refractivity contribution in [3.63, 3.8) is 0 Å². The molecule has 0 saturated carbocycles. The first-order chi connectivity index (χ1) is 10.3. The summed E-state index contributed by atoms with van der Waals surface area (Å²) in [5, 5.41) is 11.8. The molecule has 0 heterocycles. The first kappa shape index (κ1) is 20.5.